The molecule has 3 N–H and O–H groups in total. The molecule has 4 atom stereocenters. The van der Waals surface area contributed by atoms with Crippen LogP contribution in [0.5, 0.6) is 0 Å². The molecule has 0 heterocycles. The number of carboxylic acids is 1. The van der Waals surface area contributed by atoms with Gasteiger partial charge >= 0.3 is 12.1 Å². The van der Waals surface area contributed by atoms with Crippen molar-refractivity contribution in [3.63, 3.8) is 0 Å². The van der Waals surface area contributed by atoms with E-state index in [1.165, 1.54) is 11.1 Å². The van der Waals surface area contributed by atoms with Crippen LogP contribution in [0, 0.1) is 11.8 Å². The third-order valence-electron chi connectivity index (χ3n) is 7.53. The maximum absolute atomic E-state index is 12.9. The molecule has 35 heavy (non-hydrogen) atoms. The van der Waals surface area contributed by atoms with Crippen LogP contribution in [-0.2, 0) is 14.3 Å². The Hall–Kier alpha value is -3.35. The first kappa shape index (κ1) is 24.8. The minimum Gasteiger partial charge on any atom is -0.481 e. The lowest BCUT2D eigenvalue weighted by atomic mass is 9.82. The fourth-order valence-corrected chi connectivity index (χ4v) is 5.36. The summed E-state index contributed by atoms with van der Waals surface area (Å²) in [6.45, 7) is 3.76. The number of amides is 2. The summed E-state index contributed by atoms with van der Waals surface area (Å²) in [7, 11) is 0. The number of aliphatic carboxylic acids is 1. The average molecular weight is 479 g/mol. The smallest absolute Gasteiger partial charge is 0.407 e. The Balaban J connectivity index is 1.30. The molecule has 7 heteroatoms. The molecule has 186 valence electrons. The van der Waals surface area contributed by atoms with Crippen molar-refractivity contribution in [2.24, 2.45) is 11.8 Å². The first-order valence-electron chi connectivity index (χ1n) is 12.5. The van der Waals surface area contributed by atoms with Gasteiger partial charge in [0.2, 0.25) is 5.91 Å². The predicted octanol–water partition coefficient (Wildman–Crippen LogP) is 4.70. The van der Waals surface area contributed by atoms with E-state index in [9.17, 15) is 19.5 Å². The number of carbonyl (C=O) groups is 3. The van der Waals surface area contributed by atoms with Gasteiger partial charge in [-0.25, -0.2) is 4.79 Å². The standard InChI is InChI=1S/C28H34N2O5/c1-17(27(33)30-25-14-8-3-9-19(25)15-26(31)32)18(2)29-28(34)35-16-24-22-12-6-4-10-20(22)21-11-5-7-13-23(21)24/h4-7,10-13,17-19,24-25H,3,8-9,14-16H2,1-2H3,(H,29,34)(H,30,33)(H,31,32)/t17?,18?,19-,25-/m0/s1. The summed E-state index contributed by atoms with van der Waals surface area (Å²) < 4.78 is 5.60. The van der Waals surface area contributed by atoms with Crippen LogP contribution in [0.2, 0.25) is 0 Å². The number of rotatable bonds is 8. The fraction of sp³-hybridized carbons (Fsp3) is 0.464. The monoisotopic (exact) mass is 478 g/mol. The minimum atomic E-state index is -0.838. The largest absolute Gasteiger partial charge is 0.481 e. The third kappa shape index (κ3) is 5.66. The van der Waals surface area contributed by atoms with Crippen LogP contribution in [0.4, 0.5) is 4.79 Å². The second kappa shape index (κ2) is 10.9. The van der Waals surface area contributed by atoms with Gasteiger partial charge in [0, 0.05) is 18.0 Å². The van der Waals surface area contributed by atoms with E-state index >= 15 is 0 Å². The van der Waals surface area contributed by atoms with E-state index in [-0.39, 0.29) is 36.8 Å². The molecule has 1 fully saturated rings. The molecule has 2 amide bonds. The summed E-state index contributed by atoms with van der Waals surface area (Å²) in [6.07, 6.45) is 3.06. The molecule has 2 aliphatic carbocycles. The number of benzene rings is 2. The molecule has 2 aliphatic rings. The molecular weight excluding hydrogens is 444 g/mol. The molecule has 0 aromatic heterocycles. The number of carboxylic acid groups (broad SMARTS) is 1. The molecule has 0 spiro atoms. The van der Waals surface area contributed by atoms with Gasteiger partial charge in [0.25, 0.3) is 0 Å². The Morgan fingerprint density at radius 2 is 1.57 bits per heavy atom. The van der Waals surface area contributed by atoms with Crippen LogP contribution in [0.15, 0.2) is 48.5 Å². The zero-order chi connectivity index (χ0) is 24.9. The zero-order valence-corrected chi connectivity index (χ0v) is 20.3. The highest BCUT2D eigenvalue weighted by Gasteiger charge is 2.32. The van der Waals surface area contributed by atoms with Crippen LogP contribution in [0.3, 0.4) is 0 Å². The van der Waals surface area contributed by atoms with Gasteiger partial charge in [-0.2, -0.15) is 0 Å². The number of nitrogens with one attached hydrogen (secondary N) is 2. The lowest BCUT2D eigenvalue weighted by Gasteiger charge is -2.33. The van der Waals surface area contributed by atoms with Crippen LogP contribution < -0.4 is 10.6 Å². The number of fused-ring (bicyclic) bond motifs is 3. The Bertz CT molecular complexity index is 1040. The van der Waals surface area contributed by atoms with E-state index < -0.39 is 24.0 Å². The Morgan fingerprint density at radius 1 is 0.971 bits per heavy atom. The van der Waals surface area contributed by atoms with E-state index in [0.29, 0.717) is 0 Å². The lowest BCUT2D eigenvalue weighted by molar-refractivity contribution is -0.139. The number of ether oxygens (including phenoxy) is 1. The van der Waals surface area contributed by atoms with Crippen LogP contribution in [0.1, 0.15) is 63.0 Å². The maximum Gasteiger partial charge on any atom is 0.407 e. The van der Waals surface area contributed by atoms with Gasteiger partial charge in [-0.3, -0.25) is 9.59 Å². The number of hydrogen-bond acceptors (Lipinski definition) is 4. The Morgan fingerprint density at radius 3 is 2.20 bits per heavy atom. The minimum absolute atomic E-state index is 0.0263. The summed E-state index contributed by atoms with van der Waals surface area (Å²) in [4.78, 5) is 36.6. The van der Waals surface area contributed by atoms with Crippen molar-refractivity contribution < 1.29 is 24.2 Å². The highest BCUT2D eigenvalue weighted by Crippen LogP contribution is 2.44. The van der Waals surface area contributed by atoms with Crippen molar-refractivity contribution in [2.45, 2.75) is 64.0 Å². The third-order valence-corrected chi connectivity index (χ3v) is 7.53. The van der Waals surface area contributed by atoms with Crippen LogP contribution in [-0.4, -0.2) is 41.8 Å². The summed E-state index contributed by atoms with van der Waals surface area (Å²) in [5.74, 6) is -1.58. The summed E-state index contributed by atoms with van der Waals surface area (Å²) in [5.41, 5.74) is 4.62. The van der Waals surface area contributed by atoms with Crippen molar-refractivity contribution in [2.75, 3.05) is 6.61 Å². The average Bonchev–Trinajstić information content (AvgIpc) is 3.17. The molecule has 0 bridgehead atoms. The SMILES string of the molecule is CC(NC(=O)OCC1c2ccccc2-c2ccccc21)C(C)C(=O)N[C@H]1CCCC[C@H]1CC(=O)O. The van der Waals surface area contributed by atoms with Gasteiger partial charge in [-0.15, -0.1) is 0 Å². The molecule has 0 aliphatic heterocycles. The van der Waals surface area contributed by atoms with Crippen molar-refractivity contribution in [1.82, 2.24) is 10.6 Å². The molecule has 4 rings (SSSR count). The zero-order valence-electron chi connectivity index (χ0n) is 20.3. The van der Waals surface area contributed by atoms with Gasteiger partial charge < -0.3 is 20.5 Å². The van der Waals surface area contributed by atoms with Crippen LogP contribution in [0.25, 0.3) is 11.1 Å². The van der Waals surface area contributed by atoms with Crippen LogP contribution >= 0.6 is 0 Å². The van der Waals surface area contributed by atoms with E-state index in [1.807, 2.05) is 24.3 Å². The Kier molecular flexibility index (Phi) is 7.73. The molecule has 7 nitrogen and oxygen atoms in total. The van der Waals surface area contributed by atoms with Crippen molar-refractivity contribution in [3.8, 4) is 11.1 Å². The first-order chi connectivity index (χ1) is 16.8. The first-order valence-corrected chi connectivity index (χ1v) is 12.5. The van der Waals surface area contributed by atoms with E-state index in [4.69, 9.17) is 4.74 Å². The molecule has 0 saturated heterocycles. The Labute approximate surface area is 206 Å². The highest BCUT2D eigenvalue weighted by atomic mass is 16.5. The number of alkyl carbamates (subject to hydrolysis) is 1. The quantitative estimate of drug-likeness (QED) is 0.510. The van der Waals surface area contributed by atoms with E-state index in [2.05, 4.69) is 34.9 Å². The topological polar surface area (TPSA) is 105 Å². The fourth-order valence-electron chi connectivity index (χ4n) is 5.36. The molecule has 2 aromatic rings. The molecule has 2 aromatic carbocycles. The van der Waals surface area contributed by atoms with Crippen molar-refractivity contribution in [3.05, 3.63) is 59.7 Å². The van der Waals surface area contributed by atoms with Crippen molar-refractivity contribution >= 4 is 18.0 Å². The molecule has 0 radical (unpaired) electrons. The number of hydrogen-bond donors (Lipinski definition) is 3. The highest BCUT2D eigenvalue weighted by molar-refractivity contribution is 5.81. The predicted molar refractivity (Wildman–Crippen MR) is 133 cm³/mol. The summed E-state index contributed by atoms with van der Waals surface area (Å²) in [6, 6.07) is 15.7. The molecular formula is C28H34N2O5. The maximum atomic E-state index is 12.9. The van der Waals surface area contributed by atoms with E-state index in [1.54, 1.807) is 13.8 Å². The second-order valence-corrected chi connectivity index (χ2v) is 9.80. The van der Waals surface area contributed by atoms with Gasteiger partial charge in [0.05, 0.1) is 12.3 Å². The van der Waals surface area contributed by atoms with Gasteiger partial charge in [-0.1, -0.05) is 68.3 Å². The molecule has 1 saturated carbocycles. The summed E-state index contributed by atoms with van der Waals surface area (Å²) in [5, 5.41) is 15.0. The second-order valence-electron chi connectivity index (χ2n) is 9.80. The van der Waals surface area contributed by atoms with Gasteiger partial charge in [0.15, 0.2) is 0 Å². The number of carbonyl (C=O) groups excluding carboxylic acids is 2. The summed E-state index contributed by atoms with van der Waals surface area (Å²) >= 11 is 0. The van der Waals surface area contributed by atoms with Crippen molar-refractivity contribution in [1.29, 1.82) is 0 Å². The van der Waals surface area contributed by atoms with Gasteiger partial charge in [-0.05, 0) is 47.9 Å². The van der Waals surface area contributed by atoms with E-state index in [0.717, 1.165) is 36.8 Å². The normalized spacial score (nSPS) is 20.7. The molecule has 2 unspecified atom stereocenters. The lowest BCUT2D eigenvalue weighted by Crippen LogP contribution is -2.49. The van der Waals surface area contributed by atoms with Gasteiger partial charge in [0.1, 0.15) is 6.61 Å².